The second kappa shape index (κ2) is 6.72. The smallest absolute Gasteiger partial charge is 0.328 e. The van der Waals surface area contributed by atoms with Gasteiger partial charge in [0.1, 0.15) is 0 Å². The molecule has 0 aliphatic carbocycles. The van der Waals surface area contributed by atoms with E-state index in [0.717, 1.165) is 5.56 Å². The van der Waals surface area contributed by atoms with Crippen LogP contribution in [-0.2, 0) is 14.8 Å². The molecule has 25 heavy (non-hydrogen) atoms. The molecule has 1 aliphatic heterocycles. The van der Waals surface area contributed by atoms with E-state index >= 15 is 0 Å². The van der Waals surface area contributed by atoms with Gasteiger partial charge in [0.15, 0.2) is 0 Å². The number of fused-ring (bicyclic) bond motifs is 1. The molecule has 1 aliphatic rings. The molecule has 1 N–H and O–H groups in total. The maximum Gasteiger partial charge on any atom is 0.328 e. The molecular formula is C19H19NO4S. The van der Waals surface area contributed by atoms with Crippen LogP contribution < -0.4 is 4.31 Å². The van der Waals surface area contributed by atoms with Crippen molar-refractivity contribution >= 4 is 27.3 Å². The summed E-state index contributed by atoms with van der Waals surface area (Å²) in [5, 5.41) is 9.10. The second-order valence-electron chi connectivity index (χ2n) is 6.02. The van der Waals surface area contributed by atoms with E-state index in [-0.39, 0.29) is 4.90 Å². The second-order valence-corrected chi connectivity index (χ2v) is 7.88. The molecule has 2 aromatic rings. The van der Waals surface area contributed by atoms with E-state index in [9.17, 15) is 13.2 Å². The molecular weight excluding hydrogens is 338 g/mol. The van der Waals surface area contributed by atoms with Crippen LogP contribution in [0.2, 0.25) is 0 Å². The van der Waals surface area contributed by atoms with Gasteiger partial charge < -0.3 is 5.11 Å². The predicted molar refractivity (Wildman–Crippen MR) is 97.0 cm³/mol. The summed E-state index contributed by atoms with van der Waals surface area (Å²) in [5.74, 6) is -1.03. The molecule has 0 radical (unpaired) electrons. The zero-order valence-electron chi connectivity index (χ0n) is 13.8. The third kappa shape index (κ3) is 3.44. The number of carboxylic acid groups (broad SMARTS) is 1. The van der Waals surface area contributed by atoms with Crippen LogP contribution in [0.3, 0.4) is 0 Å². The lowest BCUT2D eigenvalue weighted by Gasteiger charge is -2.24. The van der Waals surface area contributed by atoms with Crippen molar-refractivity contribution in [3.8, 4) is 0 Å². The third-order valence-corrected chi connectivity index (χ3v) is 6.06. The first-order chi connectivity index (χ1) is 11.9. The Morgan fingerprint density at radius 1 is 1.12 bits per heavy atom. The molecule has 130 valence electrons. The monoisotopic (exact) mass is 357 g/mol. The van der Waals surface area contributed by atoms with E-state index in [1.807, 2.05) is 6.92 Å². The molecule has 2 aromatic carbocycles. The fraction of sp³-hybridized carbons (Fsp3) is 0.211. The van der Waals surface area contributed by atoms with E-state index in [1.165, 1.54) is 10.4 Å². The molecule has 0 aromatic heterocycles. The van der Waals surface area contributed by atoms with Gasteiger partial charge in [-0.2, -0.15) is 0 Å². The van der Waals surface area contributed by atoms with Crippen molar-refractivity contribution in [3.05, 3.63) is 65.7 Å². The van der Waals surface area contributed by atoms with Crippen molar-refractivity contribution in [2.24, 2.45) is 0 Å². The van der Waals surface area contributed by atoms with Gasteiger partial charge in [0, 0.05) is 18.2 Å². The zero-order valence-corrected chi connectivity index (χ0v) is 14.7. The number of sulfonamides is 1. The standard InChI is InChI=1S/C19H19NO4S/c1-14-8-10-16(11-9-14)25(23,24)20-12-4-5-15(13-19(21)22)17-6-2-3-7-18(17)20/h2-3,6-11,13H,4-5,12H2,1H3,(H,21,22)/b15-13+. The van der Waals surface area contributed by atoms with Crippen molar-refractivity contribution in [3.63, 3.8) is 0 Å². The van der Waals surface area contributed by atoms with Gasteiger partial charge in [-0.05, 0) is 43.5 Å². The topological polar surface area (TPSA) is 74.7 Å². The lowest BCUT2D eigenvalue weighted by molar-refractivity contribution is -0.131. The number of nitrogens with zero attached hydrogens (tertiary/aromatic N) is 1. The Morgan fingerprint density at radius 3 is 2.48 bits per heavy atom. The quantitative estimate of drug-likeness (QED) is 0.854. The summed E-state index contributed by atoms with van der Waals surface area (Å²) in [6.45, 7) is 2.21. The number of hydrogen-bond acceptors (Lipinski definition) is 3. The van der Waals surface area contributed by atoms with Gasteiger partial charge in [0.05, 0.1) is 10.6 Å². The highest BCUT2D eigenvalue weighted by atomic mass is 32.2. The normalized spacial score (nSPS) is 16.4. The van der Waals surface area contributed by atoms with Crippen LogP contribution in [0.4, 0.5) is 5.69 Å². The fourth-order valence-corrected chi connectivity index (χ4v) is 4.54. The zero-order chi connectivity index (χ0) is 18.0. The number of para-hydroxylation sites is 1. The van der Waals surface area contributed by atoms with Crippen LogP contribution in [0, 0.1) is 6.92 Å². The molecule has 0 fully saturated rings. The number of anilines is 1. The van der Waals surface area contributed by atoms with Gasteiger partial charge in [-0.15, -0.1) is 0 Å². The summed E-state index contributed by atoms with van der Waals surface area (Å²) in [4.78, 5) is 11.3. The van der Waals surface area contributed by atoms with E-state index in [0.29, 0.717) is 36.2 Å². The molecule has 1 heterocycles. The molecule has 0 amide bonds. The van der Waals surface area contributed by atoms with Crippen molar-refractivity contribution in [2.75, 3.05) is 10.8 Å². The Hall–Kier alpha value is -2.60. The largest absolute Gasteiger partial charge is 0.478 e. The highest BCUT2D eigenvalue weighted by Gasteiger charge is 2.29. The van der Waals surface area contributed by atoms with Gasteiger partial charge >= 0.3 is 5.97 Å². The van der Waals surface area contributed by atoms with Crippen LogP contribution in [0.5, 0.6) is 0 Å². The number of carboxylic acids is 1. The minimum absolute atomic E-state index is 0.235. The highest BCUT2D eigenvalue weighted by molar-refractivity contribution is 7.92. The van der Waals surface area contributed by atoms with Gasteiger partial charge in [-0.25, -0.2) is 13.2 Å². The van der Waals surface area contributed by atoms with Crippen LogP contribution in [-0.4, -0.2) is 26.0 Å². The maximum absolute atomic E-state index is 13.1. The average molecular weight is 357 g/mol. The Labute approximate surface area is 147 Å². The number of rotatable bonds is 3. The number of hydrogen-bond donors (Lipinski definition) is 1. The van der Waals surface area contributed by atoms with Crippen molar-refractivity contribution < 1.29 is 18.3 Å². The van der Waals surface area contributed by atoms with Crippen LogP contribution in [0.15, 0.2) is 59.5 Å². The Balaban J connectivity index is 2.13. The van der Waals surface area contributed by atoms with E-state index in [2.05, 4.69) is 0 Å². The first-order valence-corrected chi connectivity index (χ1v) is 9.46. The minimum Gasteiger partial charge on any atom is -0.478 e. The van der Waals surface area contributed by atoms with Gasteiger partial charge in [-0.3, -0.25) is 4.31 Å². The third-order valence-electron chi connectivity index (χ3n) is 4.23. The summed E-state index contributed by atoms with van der Waals surface area (Å²) in [7, 11) is -3.71. The first-order valence-electron chi connectivity index (χ1n) is 8.02. The summed E-state index contributed by atoms with van der Waals surface area (Å²) in [6.07, 6.45) is 2.24. The van der Waals surface area contributed by atoms with E-state index in [4.69, 9.17) is 5.11 Å². The molecule has 0 spiro atoms. The molecule has 0 saturated heterocycles. The number of aliphatic carboxylic acids is 1. The summed E-state index contributed by atoms with van der Waals surface area (Å²) >= 11 is 0. The molecule has 0 saturated carbocycles. The van der Waals surface area contributed by atoms with E-state index < -0.39 is 16.0 Å². The summed E-state index contributed by atoms with van der Waals surface area (Å²) < 4.78 is 27.7. The number of benzene rings is 2. The maximum atomic E-state index is 13.1. The Kier molecular flexibility index (Phi) is 4.63. The average Bonchev–Trinajstić information content (AvgIpc) is 2.75. The Morgan fingerprint density at radius 2 is 1.80 bits per heavy atom. The summed E-state index contributed by atoms with van der Waals surface area (Å²) in [6, 6.07) is 13.8. The minimum atomic E-state index is -3.71. The molecule has 0 atom stereocenters. The van der Waals surface area contributed by atoms with E-state index in [1.54, 1.807) is 48.5 Å². The lowest BCUT2D eigenvalue weighted by atomic mass is 10.0. The molecule has 3 rings (SSSR count). The number of aryl methyl sites for hydroxylation is 1. The highest BCUT2D eigenvalue weighted by Crippen LogP contribution is 2.36. The number of allylic oxidation sites excluding steroid dienone is 1. The molecule has 6 heteroatoms. The Bertz CT molecular complexity index is 930. The first kappa shape index (κ1) is 17.2. The van der Waals surface area contributed by atoms with Crippen LogP contribution in [0.1, 0.15) is 24.0 Å². The van der Waals surface area contributed by atoms with Crippen LogP contribution >= 0.6 is 0 Å². The van der Waals surface area contributed by atoms with Gasteiger partial charge in [0.2, 0.25) is 0 Å². The van der Waals surface area contributed by atoms with Crippen molar-refractivity contribution in [1.29, 1.82) is 0 Å². The van der Waals surface area contributed by atoms with Crippen molar-refractivity contribution in [2.45, 2.75) is 24.7 Å². The van der Waals surface area contributed by atoms with Crippen molar-refractivity contribution in [1.82, 2.24) is 0 Å². The lowest BCUT2D eigenvalue weighted by Crippen LogP contribution is -2.31. The summed E-state index contributed by atoms with van der Waals surface area (Å²) in [5.41, 5.74) is 2.80. The fourth-order valence-electron chi connectivity index (χ4n) is 3.02. The van der Waals surface area contributed by atoms with Gasteiger partial charge in [-0.1, -0.05) is 35.9 Å². The van der Waals surface area contributed by atoms with Crippen LogP contribution in [0.25, 0.3) is 5.57 Å². The van der Waals surface area contributed by atoms with Gasteiger partial charge in [0.25, 0.3) is 10.0 Å². The predicted octanol–water partition coefficient (Wildman–Crippen LogP) is 3.45. The number of carbonyl (C=O) groups is 1. The molecule has 5 nitrogen and oxygen atoms in total. The molecule has 0 bridgehead atoms. The SMILES string of the molecule is Cc1ccc(S(=O)(=O)N2CCC/C(=C\C(=O)O)c3ccccc32)cc1. The molecule has 0 unspecified atom stereocenters.